The molecule has 4 rings (SSSR count). The van der Waals surface area contributed by atoms with Crippen molar-refractivity contribution in [2.75, 3.05) is 45.3 Å². The summed E-state index contributed by atoms with van der Waals surface area (Å²) in [5, 5.41) is 8.76. The van der Waals surface area contributed by atoms with E-state index in [9.17, 15) is 9.18 Å². The first-order chi connectivity index (χ1) is 15.6. The fraction of sp³-hybridized carbons (Fsp3) is 0.292. The quantitative estimate of drug-likeness (QED) is 0.591. The highest BCUT2D eigenvalue weighted by Gasteiger charge is 2.23. The van der Waals surface area contributed by atoms with Crippen molar-refractivity contribution in [2.24, 2.45) is 0 Å². The third-order valence-electron chi connectivity index (χ3n) is 5.59. The minimum absolute atomic E-state index is 0.0682. The highest BCUT2D eigenvalue weighted by Crippen LogP contribution is 2.32. The van der Waals surface area contributed by atoms with Crippen molar-refractivity contribution in [3.8, 4) is 22.8 Å². The molecule has 0 radical (unpaired) electrons. The second kappa shape index (κ2) is 9.64. The summed E-state index contributed by atoms with van der Waals surface area (Å²) in [7, 11) is 3.22. The molecule has 0 aliphatic carbocycles. The normalized spacial score (nSPS) is 13.7. The number of carbonyl (C=O) groups is 1. The van der Waals surface area contributed by atoms with Gasteiger partial charge in [-0.25, -0.2) is 4.39 Å². The van der Waals surface area contributed by atoms with Gasteiger partial charge in [-0.1, -0.05) is 18.2 Å². The summed E-state index contributed by atoms with van der Waals surface area (Å²) >= 11 is 0. The highest BCUT2D eigenvalue weighted by atomic mass is 19.1. The number of hydrogen-bond donors (Lipinski definition) is 0. The second-order valence-electron chi connectivity index (χ2n) is 7.48. The average molecular weight is 436 g/mol. The van der Waals surface area contributed by atoms with Gasteiger partial charge in [-0.2, -0.15) is 0 Å². The lowest BCUT2D eigenvalue weighted by molar-refractivity contribution is -0.130. The molecule has 8 heteroatoms. The first kappa shape index (κ1) is 21.5. The van der Waals surface area contributed by atoms with E-state index in [4.69, 9.17) is 9.47 Å². The molecule has 3 aromatic rings. The van der Waals surface area contributed by atoms with Crippen molar-refractivity contribution in [1.29, 1.82) is 0 Å². The number of aromatic nitrogens is 2. The Balaban J connectivity index is 1.39. The van der Waals surface area contributed by atoms with Crippen LogP contribution >= 0.6 is 0 Å². The van der Waals surface area contributed by atoms with Crippen LogP contribution in [-0.4, -0.2) is 61.4 Å². The van der Waals surface area contributed by atoms with Crippen LogP contribution in [0.3, 0.4) is 0 Å². The van der Waals surface area contributed by atoms with Crippen LogP contribution in [0.1, 0.15) is 5.56 Å². The number of rotatable bonds is 6. The number of amides is 1. The molecule has 2 aromatic carbocycles. The molecular weight excluding hydrogens is 411 g/mol. The number of methoxy groups -OCH3 is 2. The summed E-state index contributed by atoms with van der Waals surface area (Å²) in [4.78, 5) is 16.4. The molecule has 0 saturated carbocycles. The van der Waals surface area contributed by atoms with E-state index in [1.807, 2.05) is 30.3 Å². The zero-order valence-corrected chi connectivity index (χ0v) is 18.1. The predicted octanol–water partition coefficient (Wildman–Crippen LogP) is 3.19. The minimum Gasteiger partial charge on any atom is -0.497 e. The number of nitrogens with zero attached hydrogens (tertiary/aromatic N) is 4. The van der Waals surface area contributed by atoms with E-state index < -0.39 is 0 Å². The van der Waals surface area contributed by atoms with Crippen LogP contribution in [0.4, 0.5) is 10.2 Å². The molecule has 0 spiro atoms. The average Bonchev–Trinajstić information content (AvgIpc) is 2.85. The molecule has 1 fully saturated rings. The van der Waals surface area contributed by atoms with E-state index in [0.717, 1.165) is 11.4 Å². The van der Waals surface area contributed by atoms with Gasteiger partial charge in [0, 0.05) is 31.7 Å². The summed E-state index contributed by atoms with van der Waals surface area (Å²) in [5.41, 5.74) is 1.91. The number of anilines is 1. The van der Waals surface area contributed by atoms with Gasteiger partial charge in [0.05, 0.1) is 26.3 Å². The summed E-state index contributed by atoms with van der Waals surface area (Å²) in [6, 6.07) is 15.7. The number of hydrogen-bond acceptors (Lipinski definition) is 6. The highest BCUT2D eigenvalue weighted by molar-refractivity contribution is 5.79. The molecule has 2 heterocycles. The summed E-state index contributed by atoms with van der Waals surface area (Å²) in [5.74, 6) is 1.73. The van der Waals surface area contributed by atoms with Gasteiger partial charge in [0.25, 0.3) is 0 Å². The molecule has 1 aromatic heterocycles. The number of ether oxygens (including phenoxy) is 2. The fourth-order valence-electron chi connectivity index (χ4n) is 3.75. The lowest BCUT2D eigenvalue weighted by Crippen LogP contribution is -2.49. The SMILES string of the molecule is COc1ccc(OC)c(-c2ccc(N3CCN(C(=O)Cc4ccccc4F)CC3)nn2)c1. The van der Waals surface area contributed by atoms with E-state index in [2.05, 4.69) is 15.1 Å². The first-order valence-corrected chi connectivity index (χ1v) is 10.4. The maximum atomic E-state index is 13.8. The second-order valence-corrected chi connectivity index (χ2v) is 7.48. The topological polar surface area (TPSA) is 67.8 Å². The molecule has 0 unspecified atom stereocenters. The van der Waals surface area contributed by atoms with Crippen molar-refractivity contribution in [3.05, 3.63) is 66.0 Å². The van der Waals surface area contributed by atoms with Gasteiger partial charge in [-0.15, -0.1) is 10.2 Å². The lowest BCUT2D eigenvalue weighted by Gasteiger charge is -2.35. The summed E-state index contributed by atoms with van der Waals surface area (Å²) < 4.78 is 24.6. The Bertz CT molecular complexity index is 1080. The smallest absolute Gasteiger partial charge is 0.227 e. The van der Waals surface area contributed by atoms with E-state index in [0.29, 0.717) is 48.9 Å². The monoisotopic (exact) mass is 436 g/mol. The molecule has 0 N–H and O–H groups in total. The van der Waals surface area contributed by atoms with Crippen molar-refractivity contribution < 1.29 is 18.7 Å². The molecule has 1 amide bonds. The van der Waals surface area contributed by atoms with Crippen LogP contribution in [0.5, 0.6) is 11.5 Å². The van der Waals surface area contributed by atoms with E-state index in [1.165, 1.54) is 6.07 Å². The van der Waals surface area contributed by atoms with Gasteiger partial charge in [0.15, 0.2) is 5.82 Å². The van der Waals surface area contributed by atoms with Crippen molar-refractivity contribution in [2.45, 2.75) is 6.42 Å². The predicted molar refractivity (Wildman–Crippen MR) is 119 cm³/mol. The van der Waals surface area contributed by atoms with Gasteiger partial charge in [0.2, 0.25) is 5.91 Å². The number of carbonyl (C=O) groups excluding carboxylic acids is 1. The van der Waals surface area contributed by atoms with Gasteiger partial charge in [-0.3, -0.25) is 4.79 Å². The Labute approximate surface area is 186 Å². The maximum Gasteiger partial charge on any atom is 0.227 e. The molecular formula is C24H25FN4O3. The molecule has 32 heavy (non-hydrogen) atoms. The Morgan fingerprint density at radius 1 is 0.969 bits per heavy atom. The van der Waals surface area contributed by atoms with E-state index in [-0.39, 0.29) is 18.1 Å². The van der Waals surface area contributed by atoms with Gasteiger partial charge in [0.1, 0.15) is 17.3 Å². The molecule has 7 nitrogen and oxygen atoms in total. The van der Waals surface area contributed by atoms with E-state index in [1.54, 1.807) is 37.3 Å². The lowest BCUT2D eigenvalue weighted by atomic mass is 10.1. The largest absolute Gasteiger partial charge is 0.497 e. The molecule has 1 saturated heterocycles. The van der Waals surface area contributed by atoms with Crippen molar-refractivity contribution in [1.82, 2.24) is 15.1 Å². The summed E-state index contributed by atoms with van der Waals surface area (Å²) in [6.07, 6.45) is 0.0730. The van der Waals surface area contributed by atoms with Gasteiger partial charge >= 0.3 is 0 Å². The molecule has 1 aliphatic heterocycles. The van der Waals surface area contributed by atoms with Crippen molar-refractivity contribution in [3.63, 3.8) is 0 Å². The first-order valence-electron chi connectivity index (χ1n) is 10.4. The Morgan fingerprint density at radius 3 is 2.41 bits per heavy atom. The molecule has 0 atom stereocenters. The maximum absolute atomic E-state index is 13.8. The molecule has 1 aliphatic rings. The molecule has 166 valence electrons. The zero-order valence-electron chi connectivity index (χ0n) is 18.1. The number of piperazine rings is 1. The fourth-order valence-corrected chi connectivity index (χ4v) is 3.75. The number of benzene rings is 2. The van der Waals surface area contributed by atoms with Gasteiger partial charge < -0.3 is 19.3 Å². The Hall–Kier alpha value is -3.68. The van der Waals surface area contributed by atoms with Crippen LogP contribution in [-0.2, 0) is 11.2 Å². The molecule has 0 bridgehead atoms. The third kappa shape index (κ3) is 4.64. The van der Waals surface area contributed by atoms with Crippen molar-refractivity contribution >= 4 is 11.7 Å². The van der Waals surface area contributed by atoms with Crippen LogP contribution in [0.2, 0.25) is 0 Å². The third-order valence-corrected chi connectivity index (χ3v) is 5.59. The van der Waals surface area contributed by atoms with E-state index >= 15 is 0 Å². The Kier molecular flexibility index (Phi) is 6.49. The van der Waals surface area contributed by atoms with Gasteiger partial charge in [-0.05, 0) is 42.0 Å². The standard InChI is InChI=1S/C24H25FN4O3/c1-31-18-7-9-22(32-2)19(16-18)21-8-10-23(27-26-21)28-11-13-29(14-12-28)24(30)15-17-5-3-4-6-20(17)25/h3-10,16H,11-15H2,1-2H3. The minimum atomic E-state index is -0.345. The van der Waals surface area contributed by atoms with Crippen LogP contribution in [0.25, 0.3) is 11.3 Å². The Morgan fingerprint density at radius 2 is 1.75 bits per heavy atom. The van der Waals surface area contributed by atoms with Crippen LogP contribution < -0.4 is 14.4 Å². The van der Waals surface area contributed by atoms with Crippen LogP contribution in [0.15, 0.2) is 54.6 Å². The summed E-state index contributed by atoms with van der Waals surface area (Å²) in [6.45, 7) is 2.39. The zero-order chi connectivity index (χ0) is 22.5. The number of halogens is 1. The van der Waals surface area contributed by atoms with Crippen LogP contribution in [0, 0.1) is 5.82 Å².